The average molecular weight is 434 g/mol. The molecule has 5 rings (SSSR count). The van der Waals surface area contributed by atoms with Crippen LogP contribution in [0.1, 0.15) is 54.7 Å². The highest BCUT2D eigenvalue weighted by Crippen LogP contribution is 2.40. The molecule has 1 saturated carbocycles. The Labute approximate surface area is 190 Å². The van der Waals surface area contributed by atoms with E-state index in [-0.39, 0.29) is 5.79 Å². The highest BCUT2D eigenvalue weighted by molar-refractivity contribution is 5.69. The summed E-state index contributed by atoms with van der Waals surface area (Å²) in [6.45, 7) is 11.4. The molecule has 3 aliphatic rings. The zero-order valence-electron chi connectivity index (χ0n) is 18.8. The van der Waals surface area contributed by atoms with Gasteiger partial charge in [-0.1, -0.05) is 31.4 Å². The molecule has 6 nitrogen and oxygen atoms in total. The van der Waals surface area contributed by atoms with E-state index in [0.29, 0.717) is 19.1 Å². The van der Waals surface area contributed by atoms with E-state index in [9.17, 15) is 0 Å². The molecule has 0 unspecified atom stereocenters. The van der Waals surface area contributed by atoms with Crippen LogP contribution >= 0.6 is 0 Å². The summed E-state index contributed by atoms with van der Waals surface area (Å²) in [5.74, 6) is 1.82. The third-order valence-corrected chi connectivity index (χ3v) is 5.91. The van der Waals surface area contributed by atoms with Crippen LogP contribution in [0.4, 0.5) is 0 Å². The number of nitrogens with zero attached hydrogens (tertiary/aromatic N) is 3. The zero-order valence-corrected chi connectivity index (χ0v) is 18.8. The number of pyridine rings is 1. The van der Waals surface area contributed by atoms with Crippen LogP contribution in [0.25, 0.3) is 17.7 Å². The van der Waals surface area contributed by atoms with Crippen LogP contribution in [0.15, 0.2) is 43.8 Å². The molecular weight excluding hydrogens is 402 g/mol. The Morgan fingerprint density at radius 1 is 1.19 bits per heavy atom. The molecule has 6 heteroatoms. The molecule has 0 atom stereocenters. The predicted octanol–water partition coefficient (Wildman–Crippen LogP) is 5.25. The van der Waals surface area contributed by atoms with Gasteiger partial charge in [-0.2, -0.15) is 4.98 Å². The van der Waals surface area contributed by atoms with Gasteiger partial charge in [0.05, 0.1) is 31.1 Å². The van der Waals surface area contributed by atoms with Gasteiger partial charge < -0.3 is 14.2 Å². The van der Waals surface area contributed by atoms with E-state index in [0.717, 1.165) is 54.4 Å². The molecule has 0 bridgehead atoms. The molecule has 2 aliphatic carbocycles. The third kappa shape index (κ3) is 5.50. The molecular formula is C26H31N3O3. The number of hydrogen-bond donors (Lipinski definition) is 0. The van der Waals surface area contributed by atoms with Crippen molar-refractivity contribution in [3.63, 3.8) is 0 Å². The van der Waals surface area contributed by atoms with E-state index in [4.69, 9.17) is 14.2 Å². The molecule has 1 saturated heterocycles. The molecule has 1 aliphatic heterocycles. The topological polar surface area (TPSA) is 66.4 Å². The number of hydrogen-bond acceptors (Lipinski definition) is 6. The van der Waals surface area contributed by atoms with E-state index in [2.05, 4.69) is 34.2 Å². The second kappa shape index (κ2) is 10.2. The number of allylic oxidation sites excluding steroid dienone is 1. The summed E-state index contributed by atoms with van der Waals surface area (Å²) in [5, 5.41) is 0. The summed E-state index contributed by atoms with van der Waals surface area (Å²) in [6, 6.07) is 3.83. The minimum absolute atomic E-state index is 0.385. The molecule has 0 amide bonds. The van der Waals surface area contributed by atoms with Crippen LogP contribution in [0, 0.1) is 12.8 Å². The molecule has 1 spiro atoms. The summed E-state index contributed by atoms with van der Waals surface area (Å²) in [5.41, 5.74) is 4.18. The van der Waals surface area contributed by atoms with E-state index in [1.54, 1.807) is 18.3 Å². The maximum Gasteiger partial charge on any atom is 0.224 e. The Hall–Kier alpha value is -2.83. The number of rotatable bonds is 6. The van der Waals surface area contributed by atoms with Gasteiger partial charge in [-0.3, -0.25) is 4.98 Å². The molecule has 2 aromatic rings. The molecule has 0 aromatic carbocycles. The van der Waals surface area contributed by atoms with Gasteiger partial charge in [0, 0.05) is 25.2 Å². The van der Waals surface area contributed by atoms with Crippen LogP contribution in [-0.2, 0) is 9.47 Å². The SMILES string of the molecule is C=Cc1cccnc1C=C.Cc1ncc(C2=CCC3(CC2)OCCO3)c(OCC2CC2)n1. The fourth-order valence-electron chi connectivity index (χ4n) is 3.85. The Morgan fingerprint density at radius 2 is 2.00 bits per heavy atom. The van der Waals surface area contributed by atoms with Crippen LogP contribution in [0.2, 0.25) is 0 Å². The lowest BCUT2D eigenvalue weighted by Crippen LogP contribution is -2.31. The largest absolute Gasteiger partial charge is 0.477 e. The third-order valence-electron chi connectivity index (χ3n) is 5.91. The fourth-order valence-corrected chi connectivity index (χ4v) is 3.85. The minimum atomic E-state index is -0.385. The first-order chi connectivity index (χ1) is 15.6. The molecule has 168 valence electrons. The van der Waals surface area contributed by atoms with E-state index in [1.807, 2.05) is 25.3 Å². The molecule has 2 fully saturated rings. The Morgan fingerprint density at radius 3 is 2.62 bits per heavy atom. The molecule has 2 aromatic heterocycles. The van der Waals surface area contributed by atoms with Gasteiger partial charge in [-0.25, -0.2) is 4.98 Å². The Balaban J connectivity index is 0.000000207. The van der Waals surface area contributed by atoms with Gasteiger partial charge >= 0.3 is 0 Å². The first kappa shape index (κ1) is 22.4. The van der Waals surface area contributed by atoms with Crippen LogP contribution in [0.3, 0.4) is 0 Å². The van der Waals surface area contributed by atoms with Gasteiger partial charge in [-0.15, -0.1) is 0 Å². The van der Waals surface area contributed by atoms with E-state index >= 15 is 0 Å². The zero-order chi connectivity index (χ0) is 22.4. The van der Waals surface area contributed by atoms with Gasteiger partial charge in [0.15, 0.2) is 5.79 Å². The quantitative estimate of drug-likeness (QED) is 0.620. The number of ether oxygens (including phenoxy) is 3. The monoisotopic (exact) mass is 433 g/mol. The van der Waals surface area contributed by atoms with Crippen molar-refractivity contribution in [3.8, 4) is 5.88 Å². The van der Waals surface area contributed by atoms with Crippen molar-refractivity contribution in [1.82, 2.24) is 15.0 Å². The van der Waals surface area contributed by atoms with E-state index in [1.165, 1.54) is 18.4 Å². The maximum absolute atomic E-state index is 5.96. The second-order valence-corrected chi connectivity index (χ2v) is 8.32. The molecule has 32 heavy (non-hydrogen) atoms. The van der Waals surface area contributed by atoms with Gasteiger partial charge in [-0.05, 0) is 55.4 Å². The first-order valence-corrected chi connectivity index (χ1v) is 11.3. The van der Waals surface area contributed by atoms with Crippen molar-refractivity contribution in [2.45, 2.75) is 44.8 Å². The lowest BCUT2D eigenvalue weighted by atomic mass is 9.90. The van der Waals surface area contributed by atoms with Gasteiger partial charge in [0.1, 0.15) is 5.82 Å². The van der Waals surface area contributed by atoms with Crippen molar-refractivity contribution in [3.05, 3.63) is 66.4 Å². The standard InChI is InChI=1S/C17H22N2O3.C9H9N/c1-12-18-10-15(16(19-12)20-11-13-2-3-13)14-4-6-17(7-5-14)21-8-9-22-17;1-3-8-6-5-7-10-9(8)4-2/h4,10,13H,2-3,5-9,11H2,1H3;3-7H,1-2H2. The van der Waals surface area contributed by atoms with Crippen LogP contribution in [0.5, 0.6) is 5.88 Å². The molecule has 0 N–H and O–H groups in total. The van der Waals surface area contributed by atoms with Gasteiger partial charge in [0.2, 0.25) is 5.88 Å². The maximum atomic E-state index is 5.96. The number of aromatic nitrogens is 3. The van der Waals surface area contributed by atoms with Crippen molar-refractivity contribution >= 4 is 17.7 Å². The normalized spacial score (nSPS) is 19.0. The number of aryl methyl sites for hydroxylation is 1. The minimum Gasteiger partial charge on any atom is -0.477 e. The Kier molecular flexibility index (Phi) is 7.12. The predicted molar refractivity (Wildman–Crippen MR) is 126 cm³/mol. The lowest BCUT2D eigenvalue weighted by molar-refractivity contribution is -0.159. The molecule has 3 heterocycles. The summed E-state index contributed by atoms with van der Waals surface area (Å²) >= 11 is 0. The van der Waals surface area contributed by atoms with Gasteiger partial charge in [0.25, 0.3) is 0 Å². The van der Waals surface area contributed by atoms with Crippen molar-refractivity contribution in [2.75, 3.05) is 19.8 Å². The fraction of sp³-hybridized carbons (Fsp3) is 0.423. The van der Waals surface area contributed by atoms with Crippen LogP contribution < -0.4 is 4.74 Å². The smallest absolute Gasteiger partial charge is 0.224 e. The lowest BCUT2D eigenvalue weighted by Gasteiger charge is -2.30. The summed E-state index contributed by atoms with van der Waals surface area (Å²) in [4.78, 5) is 12.9. The average Bonchev–Trinajstić information content (AvgIpc) is 3.56. The second-order valence-electron chi connectivity index (χ2n) is 8.32. The summed E-state index contributed by atoms with van der Waals surface area (Å²) < 4.78 is 17.5. The summed E-state index contributed by atoms with van der Waals surface area (Å²) in [6.07, 6.45) is 14.5. The Bertz CT molecular complexity index is 965. The van der Waals surface area contributed by atoms with Crippen molar-refractivity contribution < 1.29 is 14.2 Å². The van der Waals surface area contributed by atoms with E-state index < -0.39 is 0 Å². The van der Waals surface area contributed by atoms with Crippen molar-refractivity contribution in [1.29, 1.82) is 0 Å². The van der Waals surface area contributed by atoms with Crippen LogP contribution in [-0.4, -0.2) is 40.6 Å². The first-order valence-electron chi connectivity index (χ1n) is 11.3. The highest BCUT2D eigenvalue weighted by atomic mass is 16.7. The van der Waals surface area contributed by atoms with Crippen molar-refractivity contribution in [2.24, 2.45) is 5.92 Å². The summed E-state index contributed by atoms with van der Waals surface area (Å²) in [7, 11) is 0. The highest BCUT2D eigenvalue weighted by Gasteiger charge is 2.38. The molecule has 0 radical (unpaired) electrons.